The Labute approximate surface area is 91.6 Å². The van der Waals surface area contributed by atoms with Gasteiger partial charge in [-0.05, 0) is 19.1 Å². The summed E-state index contributed by atoms with van der Waals surface area (Å²) in [5, 5.41) is 0.631. The zero-order chi connectivity index (χ0) is 11.7. The van der Waals surface area contributed by atoms with Crippen LogP contribution in [-0.2, 0) is 9.63 Å². The van der Waals surface area contributed by atoms with Gasteiger partial charge < -0.3 is 0 Å². The lowest BCUT2D eigenvalue weighted by Crippen LogP contribution is -2.31. The number of ketones is 1. The standard InChI is InChI=1S/C11H9NO4/c1-7(13)6-16-12-10(14)8-4-2-3-5-9(8)11(12)15/h2-5H,6H2,1H3. The predicted octanol–water partition coefficient (Wildman–Crippen LogP) is 0.803. The minimum absolute atomic E-state index is 0.253. The summed E-state index contributed by atoms with van der Waals surface area (Å²) in [5.41, 5.74) is 0.604. The number of hydrogen-bond acceptors (Lipinski definition) is 4. The van der Waals surface area contributed by atoms with E-state index < -0.39 is 11.8 Å². The van der Waals surface area contributed by atoms with Crippen molar-refractivity contribution in [1.29, 1.82) is 0 Å². The Hall–Kier alpha value is -2.01. The van der Waals surface area contributed by atoms with Crippen LogP contribution in [0.3, 0.4) is 0 Å². The highest BCUT2D eigenvalue weighted by Crippen LogP contribution is 2.22. The molecule has 0 bridgehead atoms. The van der Waals surface area contributed by atoms with Crippen LogP contribution in [0, 0.1) is 0 Å². The lowest BCUT2D eigenvalue weighted by Gasteiger charge is -2.11. The Bertz CT molecular complexity index is 446. The topological polar surface area (TPSA) is 63.7 Å². The Morgan fingerprint density at radius 2 is 1.69 bits per heavy atom. The molecule has 2 rings (SSSR count). The van der Waals surface area contributed by atoms with Gasteiger partial charge in [-0.2, -0.15) is 0 Å². The maximum atomic E-state index is 11.7. The molecule has 0 spiro atoms. The molecule has 2 amide bonds. The highest BCUT2D eigenvalue weighted by Gasteiger charge is 2.36. The number of carbonyl (C=O) groups is 3. The number of nitrogens with zero attached hydrogens (tertiary/aromatic N) is 1. The van der Waals surface area contributed by atoms with E-state index in [1.165, 1.54) is 6.92 Å². The number of rotatable bonds is 3. The van der Waals surface area contributed by atoms with Gasteiger partial charge in [0.2, 0.25) is 0 Å². The van der Waals surface area contributed by atoms with Crippen LogP contribution in [0.4, 0.5) is 0 Å². The fourth-order valence-corrected chi connectivity index (χ4v) is 1.44. The van der Waals surface area contributed by atoms with Crippen LogP contribution in [0.15, 0.2) is 24.3 Å². The van der Waals surface area contributed by atoms with Gasteiger partial charge in [-0.3, -0.25) is 19.2 Å². The first-order valence-electron chi connectivity index (χ1n) is 4.71. The molecular formula is C11H9NO4. The quantitative estimate of drug-likeness (QED) is 0.705. The van der Waals surface area contributed by atoms with Crippen molar-refractivity contribution in [3.63, 3.8) is 0 Å². The third-order valence-corrected chi connectivity index (χ3v) is 2.15. The van der Waals surface area contributed by atoms with Crippen molar-refractivity contribution in [2.45, 2.75) is 6.92 Å². The summed E-state index contributed by atoms with van der Waals surface area (Å²) in [6, 6.07) is 6.43. The SMILES string of the molecule is CC(=O)CON1C(=O)c2ccccc2C1=O. The van der Waals surface area contributed by atoms with Gasteiger partial charge in [-0.15, -0.1) is 5.06 Å². The number of imide groups is 1. The molecule has 1 aromatic carbocycles. The Morgan fingerprint density at radius 3 is 2.12 bits per heavy atom. The molecule has 1 aromatic rings. The molecule has 0 aromatic heterocycles. The summed E-state index contributed by atoms with van der Waals surface area (Å²) < 4.78 is 0. The molecule has 0 unspecified atom stereocenters. The lowest BCUT2D eigenvalue weighted by atomic mass is 10.1. The average Bonchev–Trinajstić information content (AvgIpc) is 2.50. The molecule has 16 heavy (non-hydrogen) atoms. The first kappa shape index (κ1) is 10.5. The van der Waals surface area contributed by atoms with Gasteiger partial charge in [0.1, 0.15) is 6.61 Å². The van der Waals surface area contributed by atoms with Crippen LogP contribution in [0.2, 0.25) is 0 Å². The molecule has 5 heteroatoms. The molecule has 0 saturated carbocycles. The normalized spacial score (nSPS) is 14.2. The van der Waals surface area contributed by atoms with Crippen molar-refractivity contribution in [1.82, 2.24) is 5.06 Å². The number of amides is 2. The zero-order valence-corrected chi connectivity index (χ0v) is 8.60. The third kappa shape index (κ3) is 1.61. The van der Waals surface area contributed by atoms with E-state index in [-0.39, 0.29) is 12.4 Å². The summed E-state index contributed by atoms with van der Waals surface area (Å²) in [4.78, 5) is 38.9. The summed E-state index contributed by atoms with van der Waals surface area (Å²) in [6.45, 7) is 1.03. The second-order valence-electron chi connectivity index (χ2n) is 3.43. The largest absolute Gasteiger partial charge is 0.297 e. The van der Waals surface area contributed by atoms with E-state index in [1.807, 2.05) is 0 Å². The molecular weight excluding hydrogens is 210 g/mol. The van der Waals surface area contributed by atoms with Gasteiger partial charge in [0.15, 0.2) is 5.78 Å². The maximum Gasteiger partial charge on any atom is 0.285 e. The number of benzene rings is 1. The zero-order valence-electron chi connectivity index (χ0n) is 8.60. The van der Waals surface area contributed by atoms with Gasteiger partial charge in [-0.1, -0.05) is 12.1 Å². The van der Waals surface area contributed by atoms with E-state index in [2.05, 4.69) is 0 Å². The summed E-state index contributed by atoms with van der Waals surface area (Å²) in [6.07, 6.45) is 0. The Balaban J connectivity index is 2.25. The van der Waals surface area contributed by atoms with Crippen LogP contribution in [0.5, 0.6) is 0 Å². The molecule has 0 atom stereocenters. The fourth-order valence-electron chi connectivity index (χ4n) is 1.44. The first-order chi connectivity index (χ1) is 7.61. The van der Waals surface area contributed by atoms with Gasteiger partial charge in [0.05, 0.1) is 11.1 Å². The van der Waals surface area contributed by atoms with E-state index in [9.17, 15) is 14.4 Å². The molecule has 1 aliphatic heterocycles. The van der Waals surface area contributed by atoms with Crippen LogP contribution < -0.4 is 0 Å². The number of fused-ring (bicyclic) bond motifs is 1. The van der Waals surface area contributed by atoms with Crippen molar-refractivity contribution in [3.05, 3.63) is 35.4 Å². The monoisotopic (exact) mass is 219 g/mol. The summed E-state index contributed by atoms with van der Waals surface area (Å²) >= 11 is 0. The van der Waals surface area contributed by atoms with Crippen LogP contribution in [0.25, 0.3) is 0 Å². The second kappa shape index (κ2) is 3.86. The fraction of sp³-hybridized carbons (Fsp3) is 0.182. The van der Waals surface area contributed by atoms with Crippen LogP contribution >= 0.6 is 0 Å². The molecule has 5 nitrogen and oxygen atoms in total. The van der Waals surface area contributed by atoms with Crippen molar-refractivity contribution >= 4 is 17.6 Å². The molecule has 1 heterocycles. The molecule has 0 aliphatic carbocycles. The van der Waals surface area contributed by atoms with Gasteiger partial charge in [-0.25, -0.2) is 0 Å². The number of hydroxylamine groups is 2. The molecule has 0 radical (unpaired) electrons. The van der Waals surface area contributed by atoms with Gasteiger partial charge in [0, 0.05) is 0 Å². The molecule has 0 saturated heterocycles. The van der Waals surface area contributed by atoms with E-state index >= 15 is 0 Å². The summed E-state index contributed by atoms with van der Waals surface area (Å²) in [5.74, 6) is -1.31. The number of hydrogen-bond donors (Lipinski definition) is 0. The van der Waals surface area contributed by atoms with E-state index in [1.54, 1.807) is 24.3 Å². The second-order valence-corrected chi connectivity index (χ2v) is 3.43. The van der Waals surface area contributed by atoms with Crippen LogP contribution in [-0.4, -0.2) is 29.3 Å². The number of Topliss-reactive ketones (excluding diaryl/α,β-unsaturated/α-hetero) is 1. The van der Waals surface area contributed by atoms with Crippen molar-refractivity contribution in [3.8, 4) is 0 Å². The number of carbonyl (C=O) groups excluding carboxylic acids is 3. The van der Waals surface area contributed by atoms with Gasteiger partial charge in [0.25, 0.3) is 11.8 Å². The van der Waals surface area contributed by atoms with Crippen molar-refractivity contribution in [2.75, 3.05) is 6.61 Å². The Kier molecular flexibility index (Phi) is 2.54. The van der Waals surface area contributed by atoms with Crippen molar-refractivity contribution < 1.29 is 19.2 Å². The van der Waals surface area contributed by atoms with E-state index in [4.69, 9.17) is 4.84 Å². The average molecular weight is 219 g/mol. The third-order valence-electron chi connectivity index (χ3n) is 2.15. The minimum atomic E-state index is -0.526. The highest BCUT2D eigenvalue weighted by molar-refractivity contribution is 6.20. The lowest BCUT2D eigenvalue weighted by molar-refractivity contribution is -0.135. The predicted molar refractivity (Wildman–Crippen MR) is 53.6 cm³/mol. The first-order valence-corrected chi connectivity index (χ1v) is 4.71. The maximum absolute atomic E-state index is 11.7. The molecule has 1 aliphatic rings. The van der Waals surface area contributed by atoms with Gasteiger partial charge >= 0.3 is 0 Å². The molecule has 0 N–H and O–H groups in total. The molecule has 82 valence electrons. The smallest absolute Gasteiger partial charge is 0.285 e. The van der Waals surface area contributed by atoms with E-state index in [0.29, 0.717) is 16.2 Å². The van der Waals surface area contributed by atoms with E-state index in [0.717, 1.165) is 0 Å². The van der Waals surface area contributed by atoms with Crippen molar-refractivity contribution in [2.24, 2.45) is 0 Å². The summed E-state index contributed by atoms with van der Waals surface area (Å²) in [7, 11) is 0. The Morgan fingerprint density at radius 1 is 1.19 bits per heavy atom. The molecule has 0 fully saturated rings. The van der Waals surface area contributed by atoms with Crippen LogP contribution in [0.1, 0.15) is 27.6 Å². The minimum Gasteiger partial charge on any atom is -0.297 e. The highest BCUT2D eigenvalue weighted by atomic mass is 16.7.